The van der Waals surface area contributed by atoms with E-state index in [1.165, 1.54) is 0 Å². The van der Waals surface area contributed by atoms with Crippen molar-refractivity contribution in [3.8, 4) is 0 Å². The van der Waals surface area contributed by atoms with Gasteiger partial charge >= 0.3 is 5.97 Å². The van der Waals surface area contributed by atoms with E-state index < -0.39 is 0 Å². The van der Waals surface area contributed by atoms with Gasteiger partial charge < -0.3 is 10.1 Å². The van der Waals surface area contributed by atoms with Crippen LogP contribution in [0.5, 0.6) is 0 Å². The summed E-state index contributed by atoms with van der Waals surface area (Å²) in [6, 6.07) is 5.43. The van der Waals surface area contributed by atoms with E-state index in [4.69, 9.17) is 4.74 Å². The molecule has 0 spiro atoms. The molecule has 20 heavy (non-hydrogen) atoms. The van der Waals surface area contributed by atoms with Gasteiger partial charge in [0, 0.05) is 18.4 Å². The molecule has 0 aliphatic heterocycles. The van der Waals surface area contributed by atoms with Crippen LogP contribution in [0, 0.1) is 0 Å². The highest BCUT2D eigenvalue weighted by Gasteiger charge is 2.10. The second kappa shape index (κ2) is 6.70. The monoisotopic (exact) mass is 275 g/mol. The highest BCUT2D eigenvalue weighted by molar-refractivity contribution is 6.05. The van der Waals surface area contributed by atoms with E-state index in [1.54, 1.807) is 19.2 Å². The van der Waals surface area contributed by atoms with Crippen molar-refractivity contribution in [2.75, 3.05) is 13.2 Å². The summed E-state index contributed by atoms with van der Waals surface area (Å²) < 4.78 is 4.82. The van der Waals surface area contributed by atoms with Crippen LogP contribution in [0.15, 0.2) is 24.4 Å². The lowest BCUT2D eigenvalue weighted by Gasteiger charge is -2.06. The van der Waals surface area contributed by atoms with Gasteiger partial charge in [-0.25, -0.2) is 0 Å². The quantitative estimate of drug-likeness (QED) is 0.620. The van der Waals surface area contributed by atoms with Crippen molar-refractivity contribution in [1.29, 1.82) is 0 Å². The molecule has 1 heterocycles. The van der Waals surface area contributed by atoms with Crippen LogP contribution in [-0.4, -0.2) is 35.2 Å². The van der Waals surface area contributed by atoms with E-state index in [9.17, 15) is 9.59 Å². The first-order valence-corrected chi connectivity index (χ1v) is 6.58. The molecule has 0 saturated heterocycles. The number of rotatable bonds is 6. The van der Waals surface area contributed by atoms with E-state index in [0.29, 0.717) is 31.6 Å². The SMILES string of the molecule is CCOC(=O)CCCNC(=O)c1cccc2cn[nH]c12. The van der Waals surface area contributed by atoms with Crippen molar-refractivity contribution in [3.05, 3.63) is 30.0 Å². The number of ether oxygens (including phenoxy) is 1. The fraction of sp³-hybridized carbons (Fsp3) is 0.357. The Kier molecular flexibility index (Phi) is 4.70. The normalized spacial score (nSPS) is 10.4. The van der Waals surface area contributed by atoms with Gasteiger partial charge in [-0.05, 0) is 19.4 Å². The summed E-state index contributed by atoms with van der Waals surface area (Å²) in [6.45, 7) is 2.58. The number of H-pyrrole nitrogens is 1. The van der Waals surface area contributed by atoms with Crippen LogP contribution < -0.4 is 5.32 Å². The number of para-hydroxylation sites is 1. The fourth-order valence-electron chi connectivity index (χ4n) is 1.92. The highest BCUT2D eigenvalue weighted by Crippen LogP contribution is 2.15. The first kappa shape index (κ1) is 14.0. The van der Waals surface area contributed by atoms with Gasteiger partial charge in [0.25, 0.3) is 5.91 Å². The lowest BCUT2D eigenvalue weighted by molar-refractivity contribution is -0.143. The number of aromatic nitrogens is 2. The zero-order valence-electron chi connectivity index (χ0n) is 11.3. The Morgan fingerprint density at radius 1 is 1.40 bits per heavy atom. The average Bonchev–Trinajstić information content (AvgIpc) is 2.91. The molecule has 0 atom stereocenters. The van der Waals surface area contributed by atoms with Crippen LogP contribution in [0.4, 0.5) is 0 Å². The van der Waals surface area contributed by atoms with Crippen molar-refractivity contribution >= 4 is 22.8 Å². The number of benzene rings is 1. The molecular weight excluding hydrogens is 258 g/mol. The van der Waals surface area contributed by atoms with Crippen LogP contribution >= 0.6 is 0 Å². The Hall–Kier alpha value is -2.37. The van der Waals surface area contributed by atoms with Crippen molar-refractivity contribution in [3.63, 3.8) is 0 Å². The maximum Gasteiger partial charge on any atom is 0.305 e. The van der Waals surface area contributed by atoms with Crippen LogP contribution in [0.25, 0.3) is 10.9 Å². The predicted molar refractivity (Wildman–Crippen MR) is 74.3 cm³/mol. The van der Waals surface area contributed by atoms with E-state index in [-0.39, 0.29) is 11.9 Å². The maximum atomic E-state index is 12.1. The molecule has 2 N–H and O–H groups in total. The molecule has 0 aliphatic carbocycles. The van der Waals surface area contributed by atoms with Crippen molar-refractivity contribution in [2.45, 2.75) is 19.8 Å². The minimum Gasteiger partial charge on any atom is -0.466 e. The molecule has 6 nitrogen and oxygen atoms in total. The van der Waals surface area contributed by atoms with Gasteiger partial charge in [-0.1, -0.05) is 12.1 Å². The first-order valence-electron chi connectivity index (χ1n) is 6.58. The summed E-state index contributed by atoms with van der Waals surface area (Å²) in [6.07, 6.45) is 2.54. The molecule has 1 amide bonds. The second-order valence-electron chi connectivity index (χ2n) is 4.30. The largest absolute Gasteiger partial charge is 0.466 e. The molecule has 0 radical (unpaired) electrons. The van der Waals surface area contributed by atoms with Crippen molar-refractivity contribution in [1.82, 2.24) is 15.5 Å². The van der Waals surface area contributed by atoms with Gasteiger partial charge in [0.15, 0.2) is 0 Å². The summed E-state index contributed by atoms with van der Waals surface area (Å²) in [5.74, 6) is -0.416. The van der Waals surface area contributed by atoms with Gasteiger partial charge in [-0.3, -0.25) is 14.7 Å². The third-order valence-corrected chi connectivity index (χ3v) is 2.87. The van der Waals surface area contributed by atoms with Gasteiger partial charge in [0.2, 0.25) is 0 Å². The van der Waals surface area contributed by atoms with Crippen molar-refractivity contribution in [2.24, 2.45) is 0 Å². The first-order chi connectivity index (χ1) is 9.72. The standard InChI is InChI=1S/C14H17N3O3/c1-2-20-12(18)7-4-8-15-14(19)11-6-3-5-10-9-16-17-13(10)11/h3,5-6,9H,2,4,7-8H2,1H3,(H,15,19)(H,16,17). The molecule has 0 unspecified atom stereocenters. The molecule has 1 aromatic heterocycles. The molecule has 1 aromatic carbocycles. The molecular formula is C14H17N3O3. The molecule has 0 bridgehead atoms. The lowest BCUT2D eigenvalue weighted by Crippen LogP contribution is -2.25. The minimum absolute atomic E-state index is 0.177. The zero-order chi connectivity index (χ0) is 14.4. The van der Waals surface area contributed by atoms with E-state index in [1.807, 2.05) is 12.1 Å². The number of nitrogens with one attached hydrogen (secondary N) is 2. The Balaban J connectivity index is 1.86. The lowest BCUT2D eigenvalue weighted by atomic mass is 10.1. The van der Waals surface area contributed by atoms with Crippen LogP contribution in [0.1, 0.15) is 30.1 Å². The van der Waals surface area contributed by atoms with Crippen molar-refractivity contribution < 1.29 is 14.3 Å². The highest BCUT2D eigenvalue weighted by atomic mass is 16.5. The minimum atomic E-state index is -0.239. The molecule has 6 heteroatoms. The van der Waals surface area contributed by atoms with E-state index in [0.717, 1.165) is 10.9 Å². The van der Waals surface area contributed by atoms with E-state index >= 15 is 0 Å². The molecule has 106 valence electrons. The fourth-order valence-corrected chi connectivity index (χ4v) is 1.92. The zero-order valence-corrected chi connectivity index (χ0v) is 11.3. The number of hydrogen-bond acceptors (Lipinski definition) is 4. The number of carbonyl (C=O) groups is 2. The van der Waals surface area contributed by atoms with Crippen LogP contribution in [-0.2, 0) is 9.53 Å². The number of fused-ring (bicyclic) bond motifs is 1. The number of esters is 1. The average molecular weight is 275 g/mol. The Labute approximate surface area is 116 Å². The number of hydrogen-bond donors (Lipinski definition) is 2. The topological polar surface area (TPSA) is 84.1 Å². The van der Waals surface area contributed by atoms with Gasteiger partial charge in [-0.15, -0.1) is 0 Å². The second-order valence-corrected chi connectivity index (χ2v) is 4.30. The van der Waals surface area contributed by atoms with Crippen LogP contribution in [0.3, 0.4) is 0 Å². The Bertz CT molecular complexity index is 606. The summed E-state index contributed by atoms with van der Waals surface area (Å²) >= 11 is 0. The molecule has 0 saturated carbocycles. The summed E-state index contributed by atoms with van der Waals surface area (Å²) in [5.41, 5.74) is 1.27. The molecule has 2 aromatic rings. The summed E-state index contributed by atoms with van der Waals surface area (Å²) in [5, 5.41) is 10.4. The van der Waals surface area contributed by atoms with Crippen LogP contribution in [0.2, 0.25) is 0 Å². The molecule has 2 rings (SSSR count). The predicted octanol–water partition coefficient (Wildman–Crippen LogP) is 1.64. The van der Waals surface area contributed by atoms with Gasteiger partial charge in [-0.2, -0.15) is 5.10 Å². The third kappa shape index (κ3) is 3.34. The molecule has 0 aliphatic rings. The number of carbonyl (C=O) groups excluding carboxylic acids is 2. The number of nitrogens with zero attached hydrogens (tertiary/aromatic N) is 1. The van der Waals surface area contributed by atoms with E-state index in [2.05, 4.69) is 15.5 Å². The number of aromatic amines is 1. The third-order valence-electron chi connectivity index (χ3n) is 2.87. The Morgan fingerprint density at radius 3 is 3.05 bits per heavy atom. The summed E-state index contributed by atoms with van der Waals surface area (Å²) in [4.78, 5) is 23.2. The van der Waals surface area contributed by atoms with Gasteiger partial charge in [0.1, 0.15) is 0 Å². The smallest absolute Gasteiger partial charge is 0.305 e. The van der Waals surface area contributed by atoms with Gasteiger partial charge in [0.05, 0.1) is 23.9 Å². The number of amides is 1. The maximum absolute atomic E-state index is 12.1. The summed E-state index contributed by atoms with van der Waals surface area (Å²) in [7, 11) is 0. The molecule has 0 fully saturated rings. The Morgan fingerprint density at radius 2 is 2.25 bits per heavy atom.